The topological polar surface area (TPSA) is 46.1 Å². The molecule has 152 valence electrons. The molecule has 0 aliphatic carbocycles. The van der Waals surface area contributed by atoms with Gasteiger partial charge in [-0.05, 0) is 49.3 Å². The van der Waals surface area contributed by atoms with Gasteiger partial charge in [0.2, 0.25) is 0 Å². The SMILES string of the molecule is Cc1c2c[n+](CCCCCC(=O)O)ccc2c(C)c2c1c1ccccc1n2C.[Br-]. The highest BCUT2D eigenvalue weighted by molar-refractivity contribution is 6.16. The number of unbranched alkanes of at least 4 members (excludes halogenated alkanes) is 2. The highest BCUT2D eigenvalue weighted by Gasteiger charge is 2.18. The molecule has 0 bridgehead atoms. The molecular weight excluding hydrogens is 428 g/mol. The molecule has 0 radical (unpaired) electrons. The Bertz CT molecular complexity index is 1210. The fourth-order valence-electron chi connectivity index (χ4n) is 4.52. The van der Waals surface area contributed by atoms with Crippen LogP contribution in [0.4, 0.5) is 0 Å². The first-order valence-electron chi connectivity index (χ1n) is 10.00. The number of aliphatic carboxylic acids is 1. The minimum atomic E-state index is -0.705. The maximum absolute atomic E-state index is 10.6. The van der Waals surface area contributed by atoms with Crippen LogP contribution in [-0.2, 0) is 18.4 Å². The van der Waals surface area contributed by atoms with Gasteiger partial charge in [0, 0.05) is 47.6 Å². The minimum absolute atomic E-state index is 0. The molecule has 0 fully saturated rings. The Hall–Kier alpha value is -2.40. The number of pyridine rings is 1. The van der Waals surface area contributed by atoms with Gasteiger partial charge in [0.1, 0.15) is 6.54 Å². The molecule has 5 heteroatoms. The van der Waals surface area contributed by atoms with E-state index in [-0.39, 0.29) is 23.4 Å². The summed E-state index contributed by atoms with van der Waals surface area (Å²) in [4.78, 5) is 10.6. The molecule has 0 atom stereocenters. The van der Waals surface area contributed by atoms with E-state index in [1.54, 1.807) is 0 Å². The van der Waals surface area contributed by atoms with Gasteiger partial charge in [-0.25, -0.2) is 4.57 Å². The Morgan fingerprint density at radius 1 is 1.00 bits per heavy atom. The second kappa shape index (κ2) is 8.54. The molecule has 4 aromatic rings. The average molecular weight is 455 g/mol. The van der Waals surface area contributed by atoms with Gasteiger partial charge in [-0.15, -0.1) is 0 Å². The van der Waals surface area contributed by atoms with Crippen LogP contribution in [0.1, 0.15) is 36.8 Å². The van der Waals surface area contributed by atoms with E-state index in [1.165, 1.54) is 43.7 Å². The maximum atomic E-state index is 10.6. The third kappa shape index (κ3) is 3.76. The van der Waals surface area contributed by atoms with E-state index < -0.39 is 5.97 Å². The van der Waals surface area contributed by atoms with E-state index in [9.17, 15) is 4.79 Å². The number of benzene rings is 2. The van der Waals surface area contributed by atoms with Crippen molar-refractivity contribution in [2.75, 3.05) is 0 Å². The molecule has 0 aliphatic rings. The van der Waals surface area contributed by atoms with Crippen LogP contribution in [0.15, 0.2) is 42.7 Å². The predicted molar refractivity (Wildman–Crippen MR) is 114 cm³/mol. The molecule has 2 aromatic carbocycles. The standard InChI is InChI=1S/C24H26N2O2.BrH/c1-16-20-15-26(13-8-4-5-11-22(27)28)14-12-18(20)17(2)24-23(16)19-9-6-7-10-21(19)25(24)3;/h6-7,9-10,12,14-15H,4-5,8,11,13H2,1-3H3;1H. The van der Waals surface area contributed by atoms with Crippen molar-refractivity contribution in [2.24, 2.45) is 7.05 Å². The molecule has 2 heterocycles. The molecule has 1 N–H and O–H groups in total. The van der Waals surface area contributed by atoms with Crippen molar-refractivity contribution in [2.45, 2.75) is 46.1 Å². The summed E-state index contributed by atoms with van der Waals surface area (Å²) in [6, 6.07) is 10.9. The minimum Gasteiger partial charge on any atom is -1.00 e. The van der Waals surface area contributed by atoms with E-state index in [1.807, 2.05) is 0 Å². The number of hydrogen-bond donors (Lipinski definition) is 1. The maximum Gasteiger partial charge on any atom is 0.303 e. The Labute approximate surface area is 181 Å². The molecule has 4 rings (SSSR count). The first-order valence-corrected chi connectivity index (χ1v) is 10.00. The third-order valence-corrected chi connectivity index (χ3v) is 5.97. The summed E-state index contributed by atoms with van der Waals surface area (Å²) in [7, 11) is 2.16. The second-order valence-corrected chi connectivity index (χ2v) is 7.76. The molecule has 0 amide bonds. The van der Waals surface area contributed by atoms with Crippen molar-refractivity contribution >= 4 is 38.5 Å². The van der Waals surface area contributed by atoms with Gasteiger partial charge in [0.05, 0.1) is 5.52 Å². The molecule has 4 nitrogen and oxygen atoms in total. The van der Waals surface area contributed by atoms with Gasteiger partial charge in [0.15, 0.2) is 12.4 Å². The number of nitrogens with zero attached hydrogens (tertiary/aromatic N) is 2. The first kappa shape index (κ1) is 21.3. The van der Waals surface area contributed by atoms with Crippen LogP contribution in [0.5, 0.6) is 0 Å². The summed E-state index contributed by atoms with van der Waals surface area (Å²) in [5, 5.41) is 14.0. The molecule has 0 aliphatic heterocycles. The molecule has 0 spiro atoms. The summed E-state index contributed by atoms with van der Waals surface area (Å²) in [6.07, 6.45) is 7.37. The van der Waals surface area contributed by atoms with Crippen molar-refractivity contribution in [1.82, 2.24) is 4.57 Å². The predicted octanol–water partition coefficient (Wildman–Crippen LogP) is 2.04. The lowest BCUT2D eigenvalue weighted by atomic mass is 9.97. The van der Waals surface area contributed by atoms with Crippen molar-refractivity contribution < 1.29 is 31.4 Å². The van der Waals surface area contributed by atoms with E-state index in [0.717, 1.165) is 25.8 Å². The number of carbonyl (C=O) groups is 1. The van der Waals surface area contributed by atoms with Gasteiger partial charge >= 0.3 is 5.97 Å². The number of aryl methyl sites for hydroxylation is 4. The van der Waals surface area contributed by atoms with Crippen molar-refractivity contribution in [1.29, 1.82) is 0 Å². The van der Waals surface area contributed by atoms with E-state index in [0.29, 0.717) is 0 Å². The number of carboxylic acids is 1. The van der Waals surface area contributed by atoms with Crippen LogP contribution in [-0.4, -0.2) is 15.6 Å². The van der Waals surface area contributed by atoms with E-state index in [4.69, 9.17) is 5.11 Å². The number of rotatable bonds is 6. The highest BCUT2D eigenvalue weighted by atomic mass is 79.9. The summed E-state index contributed by atoms with van der Waals surface area (Å²) in [6.45, 7) is 5.37. The second-order valence-electron chi connectivity index (χ2n) is 7.76. The average Bonchev–Trinajstić information content (AvgIpc) is 2.99. The third-order valence-electron chi connectivity index (χ3n) is 5.97. The molecule has 0 unspecified atom stereocenters. The lowest BCUT2D eigenvalue weighted by Gasteiger charge is -2.10. The number of fused-ring (bicyclic) bond motifs is 4. The summed E-state index contributed by atoms with van der Waals surface area (Å²) in [5.41, 5.74) is 5.23. The quantitative estimate of drug-likeness (QED) is 0.357. The Morgan fingerprint density at radius 3 is 2.52 bits per heavy atom. The Balaban J connectivity index is 0.00000240. The zero-order valence-corrected chi connectivity index (χ0v) is 18.8. The number of para-hydroxylation sites is 1. The van der Waals surface area contributed by atoms with Crippen LogP contribution in [0.25, 0.3) is 32.6 Å². The fraction of sp³-hybridized carbons (Fsp3) is 0.333. The number of hydrogen-bond acceptors (Lipinski definition) is 1. The number of carboxylic acid groups (broad SMARTS) is 1. The monoisotopic (exact) mass is 454 g/mol. The Kier molecular flexibility index (Phi) is 6.27. The van der Waals surface area contributed by atoms with Gasteiger partial charge in [-0.2, -0.15) is 0 Å². The van der Waals surface area contributed by atoms with Crippen LogP contribution in [0, 0.1) is 13.8 Å². The zero-order valence-electron chi connectivity index (χ0n) is 17.2. The lowest BCUT2D eigenvalue weighted by molar-refractivity contribution is -0.696. The van der Waals surface area contributed by atoms with Crippen LogP contribution < -0.4 is 21.5 Å². The van der Waals surface area contributed by atoms with Gasteiger partial charge in [0.25, 0.3) is 0 Å². The number of aromatic nitrogens is 2. The smallest absolute Gasteiger partial charge is 0.303 e. The zero-order chi connectivity index (χ0) is 19.8. The van der Waals surface area contributed by atoms with Gasteiger partial charge < -0.3 is 26.7 Å². The molecular formula is C24H27BrN2O2. The van der Waals surface area contributed by atoms with Crippen LogP contribution >= 0.6 is 0 Å². The summed E-state index contributed by atoms with van der Waals surface area (Å²) < 4.78 is 4.56. The fourth-order valence-corrected chi connectivity index (χ4v) is 4.52. The van der Waals surface area contributed by atoms with Gasteiger partial charge in [-0.1, -0.05) is 18.2 Å². The van der Waals surface area contributed by atoms with Crippen LogP contribution in [0.2, 0.25) is 0 Å². The van der Waals surface area contributed by atoms with Crippen molar-refractivity contribution in [3.05, 3.63) is 53.9 Å². The van der Waals surface area contributed by atoms with Crippen molar-refractivity contribution in [3.63, 3.8) is 0 Å². The van der Waals surface area contributed by atoms with E-state index in [2.05, 4.69) is 72.8 Å². The normalized spacial score (nSPS) is 11.3. The van der Waals surface area contributed by atoms with Crippen molar-refractivity contribution in [3.8, 4) is 0 Å². The first-order chi connectivity index (χ1) is 13.5. The largest absolute Gasteiger partial charge is 1.00 e. The van der Waals surface area contributed by atoms with Gasteiger partial charge in [-0.3, -0.25) is 4.79 Å². The highest BCUT2D eigenvalue weighted by Crippen LogP contribution is 2.37. The molecule has 0 saturated carbocycles. The van der Waals surface area contributed by atoms with Crippen LogP contribution in [0.3, 0.4) is 0 Å². The van der Waals surface area contributed by atoms with E-state index >= 15 is 0 Å². The summed E-state index contributed by atoms with van der Waals surface area (Å²) in [5.74, 6) is -0.705. The molecule has 0 saturated heterocycles. The summed E-state index contributed by atoms with van der Waals surface area (Å²) >= 11 is 0. The lowest BCUT2D eigenvalue weighted by Crippen LogP contribution is -3.00. The molecule has 29 heavy (non-hydrogen) atoms. The number of halogens is 1. The Morgan fingerprint density at radius 2 is 1.76 bits per heavy atom. The molecule has 2 aromatic heterocycles.